The number of nitrogens with one attached hydrogen (secondary N) is 1. The fourth-order valence-electron chi connectivity index (χ4n) is 17.2. The number of carbonyl (C=O) groups is 4. The zero-order valence-corrected chi connectivity index (χ0v) is 79.0. The number of anilines is 1. The number of aromatic nitrogens is 16. The Kier molecular flexibility index (Phi) is 26.4. The van der Waals surface area contributed by atoms with Crippen molar-refractivity contribution in [3.8, 4) is 62.5 Å². The highest BCUT2D eigenvalue weighted by molar-refractivity contribution is 7.93. The zero-order valence-electron chi connectivity index (χ0n) is 75.7. The number of alkyl halides is 3. The maximum absolute atomic E-state index is 14.7. The largest absolute Gasteiger partial charge is 0.506 e. The van der Waals surface area contributed by atoms with Gasteiger partial charge in [-0.3, -0.25) is 57.8 Å². The number of oxazole rings is 1. The second-order valence-electron chi connectivity index (χ2n) is 37.3. The topological polar surface area (TPSA) is 443 Å². The average Bonchev–Trinajstić information content (AvgIpc) is 1.68. The molecular weight excluding hydrogens is 1810 g/mol. The summed E-state index contributed by atoms with van der Waals surface area (Å²) < 4.78 is 184. The number of phenolic OH excluding ortho intramolecular Hbond substituents is 1. The van der Waals surface area contributed by atoms with Gasteiger partial charge in [0.05, 0.1) is 86.2 Å². The van der Waals surface area contributed by atoms with Gasteiger partial charge in [-0.2, -0.15) is 20.4 Å². The summed E-state index contributed by atoms with van der Waals surface area (Å²) in [6.07, 6.45) is 8.59. The van der Waals surface area contributed by atoms with E-state index in [0.717, 1.165) is 23.5 Å². The normalized spacial score (nSPS) is 17.0. The number of rotatable bonds is 28. The SMILES string of the molecule is C=C(C)Nc1ccc(-c2nn(C(C)C)c3cc(C(=O)CC4(C)CS(=O)(=O)C4)cnc23)cc1O.CC(C)n1nc(-c2cc(OCC(C)(F)F)ncc2F)c2ncc(C(=O)CC3(C)CS(=O)(=O)C3)cc21.CCn1nc(-c2cc(OCC(C)F)ncc2F)c2ncc(C(=O)CC3(C)CS(=O)(=O)C3)cc21.Cc1nc2c(-c3nn(C(C)C)c4cc(C(=O)CC5(C)CS(=O)(=O)C5)cnc34)ccnc2o1. The minimum atomic E-state index is -3.09. The van der Waals surface area contributed by atoms with E-state index in [2.05, 4.69) is 62.0 Å². The van der Waals surface area contributed by atoms with Gasteiger partial charge < -0.3 is 24.3 Å². The van der Waals surface area contributed by atoms with Crippen LogP contribution in [0, 0.1) is 40.2 Å². The number of phenols is 1. The summed E-state index contributed by atoms with van der Waals surface area (Å²) in [5.41, 5.74) is 9.21. The number of allylic oxidation sites excluding steroid dienone is 1. The fraction of sp³-hybridized carbons (Fsp3) is 0.429. The lowest BCUT2D eigenvalue weighted by atomic mass is 9.86. The van der Waals surface area contributed by atoms with Crippen molar-refractivity contribution in [2.24, 2.45) is 21.7 Å². The molecule has 4 aliphatic rings. The fourth-order valence-corrected chi connectivity index (χ4v) is 26.2. The molecular formula is C91H100F5N17O16S4. The second-order valence-corrected chi connectivity index (χ2v) is 45.6. The van der Waals surface area contributed by atoms with Crippen LogP contribution in [0.5, 0.6) is 17.5 Å². The molecule has 0 bridgehead atoms. The van der Waals surface area contributed by atoms with Crippen molar-refractivity contribution in [2.45, 2.75) is 166 Å². The van der Waals surface area contributed by atoms with E-state index in [1.807, 2.05) is 79.1 Å². The maximum Gasteiger partial charge on any atom is 0.278 e. The molecule has 0 aliphatic carbocycles. The monoisotopic (exact) mass is 1910 g/mol. The van der Waals surface area contributed by atoms with Crippen molar-refractivity contribution in [2.75, 3.05) is 64.6 Å². The van der Waals surface area contributed by atoms with Gasteiger partial charge in [0, 0.05) is 179 Å². The van der Waals surface area contributed by atoms with Crippen LogP contribution in [-0.2, 0) is 45.9 Å². The molecule has 0 amide bonds. The Morgan fingerprint density at radius 2 is 0.880 bits per heavy atom. The molecule has 1 atom stereocenters. The highest BCUT2D eigenvalue weighted by Crippen LogP contribution is 2.44. The van der Waals surface area contributed by atoms with Crippen LogP contribution in [0.25, 0.3) is 100 Å². The number of aryl methyl sites for hydroxylation is 2. The average molecular weight is 1910 g/mol. The predicted octanol–water partition coefficient (Wildman–Crippen LogP) is 15.5. The van der Waals surface area contributed by atoms with E-state index in [1.165, 1.54) is 37.6 Å². The van der Waals surface area contributed by atoms with Crippen molar-refractivity contribution in [3.63, 3.8) is 0 Å². The van der Waals surface area contributed by atoms with E-state index in [1.54, 1.807) is 90.5 Å². The molecule has 1 unspecified atom stereocenters. The highest BCUT2D eigenvalue weighted by atomic mass is 32.2. The molecule has 4 saturated heterocycles. The molecule has 13 aromatic rings. The van der Waals surface area contributed by atoms with Gasteiger partial charge in [0.25, 0.3) is 5.92 Å². The first-order valence-corrected chi connectivity index (χ1v) is 49.9. The number of Topliss-reactive ketones (excluding diaryl/α,β-unsaturated/α-hetero) is 4. The number of benzene rings is 1. The number of sulfone groups is 4. The third kappa shape index (κ3) is 21.5. The minimum absolute atomic E-state index is 0.00857. The molecule has 133 heavy (non-hydrogen) atoms. The van der Waals surface area contributed by atoms with Crippen LogP contribution >= 0.6 is 0 Å². The molecule has 42 heteroatoms. The van der Waals surface area contributed by atoms with E-state index in [0.29, 0.717) is 120 Å². The quantitative estimate of drug-likeness (QED) is 0.0261. The first kappa shape index (κ1) is 96.7. The van der Waals surface area contributed by atoms with Crippen molar-refractivity contribution in [1.82, 2.24) is 79.0 Å². The van der Waals surface area contributed by atoms with Gasteiger partial charge in [0.15, 0.2) is 86.6 Å². The molecule has 4 aliphatic heterocycles. The minimum Gasteiger partial charge on any atom is -0.506 e. The summed E-state index contributed by atoms with van der Waals surface area (Å²) in [7, 11) is -12.2. The van der Waals surface area contributed by atoms with Crippen LogP contribution in [0.15, 0.2) is 121 Å². The Labute approximate surface area is 762 Å². The second kappa shape index (κ2) is 36.2. The van der Waals surface area contributed by atoms with E-state index >= 15 is 0 Å². The van der Waals surface area contributed by atoms with Crippen LogP contribution < -0.4 is 14.8 Å². The number of nitrogens with zero attached hydrogens (tertiary/aromatic N) is 16. The third-order valence-corrected chi connectivity index (χ3v) is 31.7. The van der Waals surface area contributed by atoms with Crippen molar-refractivity contribution in [1.29, 1.82) is 0 Å². The molecule has 704 valence electrons. The Balaban J connectivity index is 0.000000143. The van der Waals surface area contributed by atoms with Gasteiger partial charge in [-0.1, -0.05) is 40.3 Å². The van der Waals surface area contributed by atoms with E-state index in [-0.39, 0.29) is 160 Å². The van der Waals surface area contributed by atoms with Crippen LogP contribution in [0.3, 0.4) is 0 Å². The number of fused-ring (bicyclic) bond motifs is 5. The van der Waals surface area contributed by atoms with Crippen molar-refractivity contribution in [3.05, 3.63) is 156 Å². The Morgan fingerprint density at radius 3 is 1.25 bits per heavy atom. The van der Waals surface area contributed by atoms with Gasteiger partial charge in [-0.25, -0.2) is 75.6 Å². The van der Waals surface area contributed by atoms with Gasteiger partial charge in [-0.15, -0.1) is 0 Å². The number of hydrogen-bond acceptors (Lipinski definition) is 29. The first-order valence-electron chi connectivity index (χ1n) is 42.6. The lowest BCUT2D eigenvalue weighted by molar-refractivity contribution is -0.0242. The van der Waals surface area contributed by atoms with Gasteiger partial charge in [0.1, 0.15) is 68.9 Å². The number of hydrogen-bond donors (Lipinski definition) is 2. The predicted molar refractivity (Wildman–Crippen MR) is 489 cm³/mol. The highest BCUT2D eigenvalue weighted by Gasteiger charge is 2.49. The van der Waals surface area contributed by atoms with E-state index in [4.69, 9.17) is 24.1 Å². The van der Waals surface area contributed by atoms with Gasteiger partial charge >= 0.3 is 0 Å². The molecule has 0 radical (unpaired) electrons. The molecule has 17 rings (SSSR count). The third-order valence-electron chi connectivity index (χ3n) is 22.6. The van der Waals surface area contributed by atoms with E-state index in [9.17, 15) is 79.9 Å². The van der Waals surface area contributed by atoms with Gasteiger partial charge in [-0.05, 0) is 105 Å². The maximum atomic E-state index is 14.7. The lowest BCUT2D eigenvalue weighted by Gasteiger charge is -2.37. The Bertz CT molecular complexity index is 7320. The molecule has 1 aromatic carbocycles. The molecule has 16 heterocycles. The van der Waals surface area contributed by atoms with Crippen LogP contribution in [0.1, 0.15) is 188 Å². The summed E-state index contributed by atoms with van der Waals surface area (Å²) >= 11 is 0. The number of ether oxygens (including phenoxy) is 2. The van der Waals surface area contributed by atoms with Crippen molar-refractivity contribution >= 4 is 124 Å². The van der Waals surface area contributed by atoms with Gasteiger partial charge in [0.2, 0.25) is 17.5 Å². The summed E-state index contributed by atoms with van der Waals surface area (Å²) in [5, 5.41) is 31.9. The molecule has 33 nitrogen and oxygen atoms in total. The Hall–Kier alpha value is -12.3. The van der Waals surface area contributed by atoms with Crippen molar-refractivity contribution < 1.29 is 93.8 Å². The summed E-state index contributed by atoms with van der Waals surface area (Å²) in [4.78, 5) is 85.7. The van der Waals surface area contributed by atoms with E-state index < -0.39 is 91.3 Å². The number of ketones is 4. The molecule has 12 aromatic heterocycles. The van der Waals surface area contributed by atoms with Crippen LogP contribution in [-0.4, -0.2) is 212 Å². The number of aromatic hydroxyl groups is 1. The number of halogens is 5. The molecule has 4 fully saturated rings. The summed E-state index contributed by atoms with van der Waals surface area (Å²) in [6, 6.07) is 16.3. The Morgan fingerprint density at radius 1 is 0.511 bits per heavy atom. The summed E-state index contributed by atoms with van der Waals surface area (Å²) in [5.74, 6) is -4.65. The first-order chi connectivity index (χ1) is 62.1. The lowest BCUT2D eigenvalue weighted by Crippen LogP contribution is -2.47. The number of carbonyl (C=O) groups excluding carboxylic acids is 4. The van der Waals surface area contributed by atoms with Crippen LogP contribution in [0.2, 0.25) is 0 Å². The molecule has 0 saturated carbocycles. The van der Waals surface area contributed by atoms with Crippen LogP contribution in [0.4, 0.5) is 27.6 Å². The standard InChI is InChI=1S/C24H28N4O4S.C23H25F3N4O4S.C22H24F2N4O4S.C22H23N5O4S/c1-14(2)26-18-7-6-16(9-20(18)29)22-23-19(28(27-22)15(3)4)8-17(11-25-23)21(30)10-24(5)12-33(31,32)13-24;1-13(2)30-17-5-14(18(31)7-22(3)11-35(32,33)12-22)8-28-21(17)20(29-30)15-6-19(27-9-16(15)24)34-10-23(4,25)26;1-4-28-17-5-14(18(29)7-22(3)11-33(30,31)12-22)8-26-21(17)20(27-28)15-6-19(25-9-16(15)24)32-10-13(2)23;1-12(2)27-16-7-14(17(28)8-22(4)10-32(29,30)11-22)9-24-20(16)18(26-27)15-5-6-23-21-19(15)25-13(3)31-21/h6-9,11,15,26,29H,1,10,12-13H2,2-5H3;5-6,8-9,13H,7,10-12H2,1-4H3;5-6,8-9,13H,4,7,10-12H2,1-3H3;5-7,9,12H,8,10-11H2,1-4H3. The smallest absolute Gasteiger partial charge is 0.278 e. The number of pyridine rings is 7. The summed E-state index contributed by atoms with van der Waals surface area (Å²) in [6.45, 7) is 29.5. The molecule has 2 N–H and O–H groups in total. The zero-order chi connectivity index (χ0) is 96.7. The molecule has 0 spiro atoms.